The fraction of sp³-hybridized carbons (Fsp3) is 0.222. The molecule has 4 rings (SSSR count). The van der Waals surface area contributed by atoms with E-state index in [1.165, 1.54) is 34.8 Å². The zero-order valence-electron chi connectivity index (χ0n) is 12.9. The first-order chi connectivity index (χ1) is 11.8. The highest BCUT2D eigenvalue weighted by atomic mass is 32.2. The maximum atomic E-state index is 12.4. The van der Waals surface area contributed by atoms with Gasteiger partial charge in [0.2, 0.25) is 0 Å². The summed E-state index contributed by atoms with van der Waals surface area (Å²) in [6, 6.07) is 15.9. The van der Waals surface area contributed by atoms with Crippen LogP contribution in [0.5, 0.6) is 0 Å². The molecule has 2 aromatic carbocycles. The van der Waals surface area contributed by atoms with Crippen LogP contribution in [0.2, 0.25) is 0 Å². The molecule has 1 amide bonds. The van der Waals surface area contributed by atoms with Crippen molar-refractivity contribution in [1.82, 2.24) is 4.98 Å². The van der Waals surface area contributed by atoms with Gasteiger partial charge in [0.15, 0.2) is 5.13 Å². The van der Waals surface area contributed by atoms with E-state index in [1.807, 2.05) is 59.9 Å². The summed E-state index contributed by atoms with van der Waals surface area (Å²) in [4.78, 5) is 16.9. The van der Waals surface area contributed by atoms with E-state index in [2.05, 4.69) is 22.4 Å². The average molecular weight is 373 g/mol. The molecule has 1 aromatic heterocycles. The molecule has 2 heterocycles. The van der Waals surface area contributed by atoms with Crippen molar-refractivity contribution in [3.05, 3.63) is 59.7 Å². The highest BCUT2D eigenvalue weighted by molar-refractivity contribution is 8.16. The number of nitrogens with one attached hydrogen (secondary N) is 1. The van der Waals surface area contributed by atoms with Crippen LogP contribution in [0.1, 0.15) is 26.9 Å². The lowest BCUT2D eigenvalue weighted by Gasteiger charge is -2.21. The van der Waals surface area contributed by atoms with Gasteiger partial charge < -0.3 is 0 Å². The molecular weight excluding hydrogens is 356 g/mol. The second-order valence-electron chi connectivity index (χ2n) is 5.49. The lowest BCUT2D eigenvalue weighted by atomic mass is 10.1. The van der Waals surface area contributed by atoms with Crippen LogP contribution in [-0.2, 0) is 0 Å². The third-order valence-electron chi connectivity index (χ3n) is 3.79. The number of hydrogen-bond acceptors (Lipinski definition) is 5. The van der Waals surface area contributed by atoms with Gasteiger partial charge >= 0.3 is 0 Å². The van der Waals surface area contributed by atoms with E-state index in [9.17, 15) is 4.79 Å². The molecule has 3 nitrogen and oxygen atoms in total. The number of para-hydroxylation sites is 1. The first kappa shape index (κ1) is 16.0. The van der Waals surface area contributed by atoms with Gasteiger partial charge in [-0.3, -0.25) is 10.1 Å². The summed E-state index contributed by atoms with van der Waals surface area (Å²) in [6.45, 7) is 0. The van der Waals surface area contributed by atoms with Crippen LogP contribution in [-0.4, -0.2) is 22.4 Å². The average Bonchev–Trinajstić information content (AvgIpc) is 3.05. The van der Waals surface area contributed by atoms with Crippen LogP contribution in [0, 0.1) is 0 Å². The van der Waals surface area contributed by atoms with Gasteiger partial charge in [-0.2, -0.15) is 0 Å². The van der Waals surface area contributed by atoms with Crippen molar-refractivity contribution < 1.29 is 4.79 Å². The Kier molecular flexibility index (Phi) is 4.78. The molecule has 0 aliphatic carbocycles. The number of benzene rings is 2. The number of hydrogen-bond donors (Lipinski definition) is 1. The molecule has 0 spiro atoms. The fourth-order valence-corrected chi connectivity index (χ4v) is 6.32. The van der Waals surface area contributed by atoms with E-state index in [0.29, 0.717) is 15.3 Å². The standard InChI is InChI=1S/C18H16N2OS3/c21-16(20-18-19-14-4-1-2-5-15(14)24-18)12-6-8-13(9-7-12)17-22-10-3-11-23-17/h1-2,4-9,17H,3,10-11H2,(H,19,20,21). The highest BCUT2D eigenvalue weighted by Gasteiger charge is 2.17. The minimum atomic E-state index is -0.107. The van der Waals surface area contributed by atoms with Gasteiger partial charge in [-0.15, -0.1) is 23.5 Å². The molecule has 0 unspecified atom stereocenters. The summed E-state index contributed by atoms with van der Waals surface area (Å²) in [6.07, 6.45) is 1.29. The second kappa shape index (κ2) is 7.17. The molecule has 0 saturated carbocycles. The lowest BCUT2D eigenvalue weighted by molar-refractivity contribution is 0.102. The Bertz CT molecular complexity index is 821. The van der Waals surface area contributed by atoms with E-state index in [0.717, 1.165) is 10.2 Å². The largest absolute Gasteiger partial charge is 0.298 e. The smallest absolute Gasteiger partial charge is 0.257 e. The Hall–Kier alpha value is -1.50. The molecule has 0 bridgehead atoms. The van der Waals surface area contributed by atoms with Gasteiger partial charge in [0.25, 0.3) is 5.91 Å². The van der Waals surface area contributed by atoms with Crippen molar-refractivity contribution in [2.75, 3.05) is 16.8 Å². The molecule has 0 radical (unpaired) electrons. The summed E-state index contributed by atoms with van der Waals surface area (Å²) >= 11 is 5.48. The number of fused-ring (bicyclic) bond motifs is 1. The molecule has 1 saturated heterocycles. The number of carbonyl (C=O) groups is 1. The second-order valence-corrected chi connectivity index (χ2v) is 9.24. The molecule has 6 heteroatoms. The Morgan fingerprint density at radius 2 is 1.79 bits per heavy atom. The molecule has 1 aliphatic rings. The summed E-state index contributed by atoms with van der Waals surface area (Å²) in [5, 5.41) is 3.55. The van der Waals surface area contributed by atoms with Crippen molar-refractivity contribution in [3.8, 4) is 0 Å². The quantitative estimate of drug-likeness (QED) is 0.667. The Balaban J connectivity index is 1.47. The monoisotopic (exact) mass is 372 g/mol. The number of amides is 1. The number of anilines is 1. The van der Waals surface area contributed by atoms with Crippen molar-refractivity contribution >= 4 is 56.1 Å². The van der Waals surface area contributed by atoms with Gasteiger partial charge in [-0.05, 0) is 47.8 Å². The topological polar surface area (TPSA) is 42.0 Å². The molecule has 1 fully saturated rings. The third-order valence-corrected chi connectivity index (χ3v) is 7.75. The summed E-state index contributed by atoms with van der Waals surface area (Å²) < 4.78 is 1.58. The van der Waals surface area contributed by atoms with Crippen LogP contribution in [0.4, 0.5) is 5.13 Å². The van der Waals surface area contributed by atoms with E-state index in [1.54, 1.807) is 0 Å². The van der Waals surface area contributed by atoms with E-state index >= 15 is 0 Å². The Morgan fingerprint density at radius 3 is 2.54 bits per heavy atom. The maximum Gasteiger partial charge on any atom is 0.257 e. The lowest BCUT2D eigenvalue weighted by Crippen LogP contribution is -2.11. The number of rotatable bonds is 3. The number of aromatic nitrogens is 1. The maximum absolute atomic E-state index is 12.4. The van der Waals surface area contributed by atoms with Crippen molar-refractivity contribution in [2.45, 2.75) is 11.0 Å². The minimum Gasteiger partial charge on any atom is -0.298 e. The van der Waals surface area contributed by atoms with Crippen LogP contribution >= 0.6 is 34.9 Å². The Labute approximate surface area is 153 Å². The number of thioether (sulfide) groups is 2. The van der Waals surface area contributed by atoms with Crippen LogP contribution in [0.25, 0.3) is 10.2 Å². The summed E-state index contributed by atoms with van der Waals surface area (Å²) in [5.41, 5.74) is 2.88. The van der Waals surface area contributed by atoms with Crippen LogP contribution in [0.3, 0.4) is 0 Å². The van der Waals surface area contributed by atoms with E-state index < -0.39 is 0 Å². The SMILES string of the molecule is O=C(Nc1nc2ccccc2s1)c1ccc(C2SCCCS2)cc1. The van der Waals surface area contributed by atoms with E-state index in [-0.39, 0.29) is 5.91 Å². The van der Waals surface area contributed by atoms with Gasteiger partial charge in [-0.1, -0.05) is 35.6 Å². The first-order valence-electron chi connectivity index (χ1n) is 7.80. The van der Waals surface area contributed by atoms with Gasteiger partial charge in [0.05, 0.1) is 14.8 Å². The predicted octanol–water partition coefficient (Wildman–Crippen LogP) is 5.42. The molecular formula is C18H16N2OS3. The highest BCUT2D eigenvalue weighted by Crippen LogP contribution is 2.43. The van der Waals surface area contributed by atoms with Gasteiger partial charge in [0.1, 0.15) is 0 Å². The number of nitrogens with zero attached hydrogens (tertiary/aromatic N) is 1. The van der Waals surface area contributed by atoms with E-state index in [4.69, 9.17) is 0 Å². The molecule has 1 aliphatic heterocycles. The normalized spacial score (nSPS) is 15.5. The van der Waals surface area contributed by atoms with Crippen molar-refractivity contribution in [2.24, 2.45) is 0 Å². The van der Waals surface area contributed by atoms with Crippen LogP contribution in [0.15, 0.2) is 48.5 Å². The predicted molar refractivity (Wildman–Crippen MR) is 106 cm³/mol. The fourth-order valence-electron chi connectivity index (χ4n) is 2.57. The molecule has 3 aromatic rings. The molecule has 24 heavy (non-hydrogen) atoms. The zero-order valence-corrected chi connectivity index (χ0v) is 15.3. The van der Waals surface area contributed by atoms with Gasteiger partial charge in [0, 0.05) is 5.56 Å². The first-order valence-corrected chi connectivity index (χ1v) is 10.7. The zero-order chi connectivity index (χ0) is 16.4. The van der Waals surface area contributed by atoms with Crippen molar-refractivity contribution in [1.29, 1.82) is 0 Å². The molecule has 122 valence electrons. The Morgan fingerprint density at radius 1 is 1.04 bits per heavy atom. The number of carbonyl (C=O) groups excluding carboxylic acids is 1. The third kappa shape index (κ3) is 3.45. The van der Waals surface area contributed by atoms with Crippen LogP contribution < -0.4 is 5.32 Å². The molecule has 1 N–H and O–H groups in total. The minimum absolute atomic E-state index is 0.107. The van der Waals surface area contributed by atoms with Crippen molar-refractivity contribution in [3.63, 3.8) is 0 Å². The summed E-state index contributed by atoms with van der Waals surface area (Å²) in [7, 11) is 0. The molecule has 0 atom stereocenters. The van der Waals surface area contributed by atoms with Gasteiger partial charge in [-0.25, -0.2) is 4.98 Å². The number of thiazole rings is 1. The summed E-state index contributed by atoms with van der Waals surface area (Å²) in [5.74, 6) is 2.33.